The van der Waals surface area contributed by atoms with E-state index in [9.17, 15) is 18.0 Å². The molecule has 0 aliphatic heterocycles. The molecule has 0 bridgehead atoms. The van der Waals surface area contributed by atoms with Crippen LogP contribution in [-0.2, 0) is 4.79 Å². The lowest BCUT2D eigenvalue weighted by Crippen LogP contribution is -2.50. The summed E-state index contributed by atoms with van der Waals surface area (Å²) >= 11 is 0. The third-order valence-corrected chi connectivity index (χ3v) is 2.88. The van der Waals surface area contributed by atoms with Gasteiger partial charge in [0.05, 0.1) is 6.04 Å². The van der Waals surface area contributed by atoms with Crippen LogP contribution in [0.15, 0.2) is 0 Å². The van der Waals surface area contributed by atoms with Gasteiger partial charge in [0.25, 0.3) is 0 Å². The van der Waals surface area contributed by atoms with Crippen molar-refractivity contribution in [2.75, 3.05) is 13.6 Å². The molecule has 2 N–H and O–H groups in total. The van der Waals surface area contributed by atoms with E-state index in [1.807, 2.05) is 13.8 Å². The molecule has 18 heavy (non-hydrogen) atoms. The number of nitrogens with one attached hydrogen (secondary N) is 1. The van der Waals surface area contributed by atoms with E-state index < -0.39 is 24.9 Å². The number of rotatable bonds is 6. The van der Waals surface area contributed by atoms with Gasteiger partial charge in [-0.15, -0.1) is 0 Å². The molecule has 3 unspecified atom stereocenters. The Morgan fingerprint density at radius 3 is 2.28 bits per heavy atom. The summed E-state index contributed by atoms with van der Waals surface area (Å²) < 4.78 is 36.5. The smallest absolute Gasteiger partial charge is 0.382 e. The summed E-state index contributed by atoms with van der Waals surface area (Å²) in [5.74, 6) is -0.346. The first-order valence-electron chi connectivity index (χ1n) is 5.85. The SMILES string of the molecule is CCC(C)NC(=O)C(C)N(C)CC(O)C(F)(F)F. The first-order valence-corrected chi connectivity index (χ1v) is 5.85. The molecule has 0 rings (SSSR count). The summed E-state index contributed by atoms with van der Waals surface area (Å²) in [5, 5.41) is 11.6. The number of aliphatic hydroxyl groups is 1. The van der Waals surface area contributed by atoms with Crippen LogP contribution in [0.1, 0.15) is 27.2 Å². The van der Waals surface area contributed by atoms with Crippen LogP contribution in [-0.4, -0.2) is 53.9 Å². The summed E-state index contributed by atoms with van der Waals surface area (Å²) in [7, 11) is 1.37. The lowest BCUT2D eigenvalue weighted by atomic mass is 10.2. The Balaban J connectivity index is 4.33. The van der Waals surface area contributed by atoms with Crippen molar-refractivity contribution in [3.8, 4) is 0 Å². The second-order valence-electron chi connectivity index (χ2n) is 4.49. The molecule has 0 aliphatic rings. The molecule has 0 spiro atoms. The highest BCUT2D eigenvalue weighted by molar-refractivity contribution is 5.81. The molecule has 0 aromatic carbocycles. The summed E-state index contributed by atoms with van der Waals surface area (Å²) in [4.78, 5) is 12.8. The summed E-state index contributed by atoms with van der Waals surface area (Å²) in [6, 6.07) is -0.753. The predicted octanol–water partition coefficient (Wildman–Crippen LogP) is 1.14. The van der Waals surface area contributed by atoms with Gasteiger partial charge in [-0.2, -0.15) is 13.2 Å². The normalized spacial score (nSPS) is 17.4. The van der Waals surface area contributed by atoms with E-state index in [2.05, 4.69) is 5.32 Å². The van der Waals surface area contributed by atoms with Crippen molar-refractivity contribution < 1.29 is 23.1 Å². The minimum Gasteiger partial charge on any atom is -0.382 e. The number of likely N-dealkylation sites (N-methyl/N-ethyl adjacent to an activating group) is 1. The highest BCUT2D eigenvalue weighted by Gasteiger charge is 2.39. The molecular formula is C11H21F3N2O2. The van der Waals surface area contributed by atoms with Gasteiger partial charge in [0.15, 0.2) is 6.10 Å². The Kier molecular flexibility index (Phi) is 6.62. The van der Waals surface area contributed by atoms with E-state index in [1.165, 1.54) is 18.9 Å². The first-order chi connectivity index (χ1) is 8.09. The number of carbonyl (C=O) groups excluding carboxylic acids is 1. The van der Waals surface area contributed by atoms with Crippen molar-refractivity contribution in [3.05, 3.63) is 0 Å². The molecule has 0 saturated heterocycles. The summed E-state index contributed by atoms with van der Waals surface area (Å²) in [6.07, 6.45) is -6.37. The predicted molar refractivity (Wildman–Crippen MR) is 62.0 cm³/mol. The van der Waals surface area contributed by atoms with E-state index in [0.717, 1.165) is 6.42 Å². The number of halogens is 3. The van der Waals surface area contributed by atoms with Crippen molar-refractivity contribution in [1.29, 1.82) is 0 Å². The van der Waals surface area contributed by atoms with E-state index >= 15 is 0 Å². The van der Waals surface area contributed by atoms with E-state index in [1.54, 1.807) is 0 Å². The Hall–Kier alpha value is -0.820. The van der Waals surface area contributed by atoms with Crippen molar-refractivity contribution in [3.63, 3.8) is 0 Å². The second-order valence-corrected chi connectivity index (χ2v) is 4.49. The van der Waals surface area contributed by atoms with Gasteiger partial charge in [-0.25, -0.2) is 0 Å². The van der Waals surface area contributed by atoms with Crippen molar-refractivity contribution in [2.45, 2.75) is 51.6 Å². The molecule has 0 fully saturated rings. The molecule has 0 radical (unpaired) electrons. The lowest BCUT2D eigenvalue weighted by molar-refractivity contribution is -0.208. The molecule has 1 amide bonds. The molecule has 4 nitrogen and oxygen atoms in total. The Bertz CT molecular complexity index is 272. The average molecular weight is 270 g/mol. The highest BCUT2D eigenvalue weighted by atomic mass is 19.4. The summed E-state index contributed by atoms with van der Waals surface area (Å²) in [6.45, 7) is 4.58. The largest absolute Gasteiger partial charge is 0.415 e. The van der Waals surface area contributed by atoms with Gasteiger partial charge < -0.3 is 10.4 Å². The van der Waals surface area contributed by atoms with Crippen molar-refractivity contribution in [1.82, 2.24) is 10.2 Å². The van der Waals surface area contributed by atoms with Gasteiger partial charge in [0.1, 0.15) is 0 Å². The zero-order valence-electron chi connectivity index (χ0n) is 11.1. The molecule has 0 aromatic rings. The number of amides is 1. The van der Waals surface area contributed by atoms with Gasteiger partial charge in [-0.3, -0.25) is 9.69 Å². The molecular weight excluding hydrogens is 249 g/mol. The standard InChI is InChI=1S/C11H21F3N2O2/c1-5-7(2)15-10(18)8(3)16(4)6-9(17)11(12,13)14/h7-9,17H,5-6H2,1-4H3,(H,15,18). The molecule has 108 valence electrons. The maximum atomic E-state index is 12.2. The number of alkyl halides is 3. The Morgan fingerprint density at radius 1 is 1.39 bits per heavy atom. The quantitative estimate of drug-likeness (QED) is 0.761. The third kappa shape index (κ3) is 5.68. The summed E-state index contributed by atoms with van der Waals surface area (Å²) in [5.41, 5.74) is 0. The number of carbonyl (C=O) groups is 1. The van der Waals surface area contributed by atoms with Crippen LogP contribution in [0.25, 0.3) is 0 Å². The zero-order valence-corrected chi connectivity index (χ0v) is 11.1. The van der Waals surface area contributed by atoms with Crippen LogP contribution >= 0.6 is 0 Å². The maximum absolute atomic E-state index is 12.2. The molecule has 0 saturated carbocycles. The first kappa shape index (κ1) is 17.2. The second kappa shape index (κ2) is 6.94. The molecule has 7 heteroatoms. The minimum atomic E-state index is -4.67. The average Bonchev–Trinajstić information content (AvgIpc) is 2.26. The topological polar surface area (TPSA) is 52.6 Å². The van der Waals surface area contributed by atoms with Gasteiger partial charge in [-0.1, -0.05) is 6.92 Å². The number of aliphatic hydroxyl groups excluding tert-OH is 1. The fourth-order valence-electron chi connectivity index (χ4n) is 1.20. The molecule has 0 heterocycles. The zero-order chi connectivity index (χ0) is 14.5. The highest BCUT2D eigenvalue weighted by Crippen LogP contribution is 2.20. The van der Waals surface area contributed by atoms with E-state index in [4.69, 9.17) is 5.11 Å². The van der Waals surface area contributed by atoms with Crippen molar-refractivity contribution >= 4 is 5.91 Å². The number of hydrogen-bond acceptors (Lipinski definition) is 3. The van der Waals surface area contributed by atoms with Crippen LogP contribution in [0.5, 0.6) is 0 Å². The monoisotopic (exact) mass is 270 g/mol. The van der Waals surface area contributed by atoms with Gasteiger partial charge in [-0.05, 0) is 27.3 Å². The fourth-order valence-corrected chi connectivity index (χ4v) is 1.20. The molecule has 3 atom stereocenters. The Labute approximate surface area is 105 Å². The van der Waals surface area contributed by atoms with E-state index in [0.29, 0.717) is 0 Å². The van der Waals surface area contributed by atoms with Gasteiger partial charge in [0.2, 0.25) is 5.91 Å². The van der Waals surface area contributed by atoms with E-state index in [-0.39, 0.29) is 11.9 Å². The molecule has 0 aliphatic carbocycles. The molecule has 0 aromatic heterocycles. The van der Waals surface area contributed by atoms with Crippen LogP contribution in [0.2, 0.25) is 0 Å². The van der Waals surface area contributed by atoms with Crippen LogP contribution in [0, 0.1) is 0 Å². The third-order valence-electron chi connectivity index (χ3n) is 2.88. The van der Waals surface area contributed by atoms with Crippen LogP contribution in [0.4, 0.5) is 13.2 Å². The van der Waals surface area contributed by atoms with Crippen LogP contribution < -0.4 is 5.32 Å². The minimum absolute atomic E-state index is 0.0270. The fraction of sp³-hybridized carbons (Fsp3) is 0.909. The van der Waals surface area contributed by atoms with Gasteiger partial charge in [0, 0.05) is 12.6 Å². The number of nitrogens with zero attached hydrogens (tertiary/aromatic N) is 1. The van der Waals surface area contributed by atoms with Crippen LogP contribution in [0.3, 0.4) is 0 Å². The Morgan fingerprint density at radius 2 is 1.89 bits per heavy atom. The van der Waals surface area contributed by atoms with Gasteiger partial charge >= 0.3 is 6.18 Å². The lowest BCUT2D eigenvalue weighted by Gasteiger charge is -2.27. The maximum Gasteiger partial charge on any atom is 0.415 e. The number of hydrogen-bond donors (Lipinski definition) is 2. The van der Waals surface area contributed by atoms with Crippen molar-refractivity contribution in [2.24, 2.45) is 0 Å².